The normalized spacial score (nSPS) is 11.1. The summed E-state index contributed by atoms with van der Waals surface area (Å²) in [7, 11) is 0. The minimum absolute atomic E-state index is 0.335. The third kappa shape index (κ3) is 15.7. The fourth-order valence-electron chi connectivity index (χ4n) is 3.73. The molecule has 0 saturated carbocycles. The lowest BCUT2D eigenvalue weighted by Crippen LogP contribution is -2.09. The number of carbonyl (C=O) groups excluding carboxylic acids is 2. The second kappa shape index (κ2) is 21.4. The average molecular weight is 473 g/mol. The summed E-state index contributed by atoms with van der Waals surface area (Å²) in [6, 6.07) is 6.49. The van der Waals surface area contributed by atoms with E-state index in [1.54, 1.807) is 24.3 Å². The summed E-state index contributed by atoms with van der Waals surface area (Å²) >= 11 is 0. The standard InChI is InChI=1S/C30H48O4/c1-3-5-7-8-9-10-11-12-13-14-15-16-17-18-19-20-26-34-30(32)28-23-21-27(22-24-28)29(31)33-25-6-4-2/h12-13,21-24H,3-11,14-20,25-26H2,1-2H3/b13-12-. The van der Waals surface area contributed by atoms with Gasteiger partial charge in [-0.3, -0.25) is 0 Å². The predicted octanol–water partition coefficient (Wildman–Crippen LogP) is 8.84. The molecule has 0 aliphatic rings. The Hall–Kier alpha value is -2.10. The van der Waals surface area contributed by atoms with Gasteiger partial charge in [-0.05, 0) is 62.8 Å². The van der Waals surface area contributed by atoms with E-state index in [1.165, 1.54) is 77.0 Å². The van der Waals surface area contributed by atoms with Crippen LogP contribution >= 0.6 is 0 Å². The second-order valence-electron chi connectivity index (χ2n) is 9.14. The van der Waals surface area contributed by atoms with Crippen LogP contribution in [0.3, 0.4) is 0 Å². The van der Waals surface area contributed by atoms with E-state index in [0.717, 1.165) is 25.7 Å². The predicted molar refractivity (Wildman–Crippen MR) is 141 cm³/mol. The van der Waals surface area contributed by atoms with Gasteiger partial charge in [-0.1, -0.05) is 90.2 Å². The number of rotatable bonds is 21. The van der Waals surface area contributed by atoms with Gasteiger partial charge in [-0.2, -0.15) is 0 Å². The fourth-order valence-corrected chi connectivity index (χ4v) is 3.73. The lowest BCUT2D eigenvalue weighted by molar-refractivity contribution is 0.0484. The fraction of sp³-hybridized carbons (Fsp3) is 0.667. The lowest BCUT2D eigenvalue weighted by Gasteiger charge is -2.06. The highest BCUT2D eigenvalue weighted by Crippen LogP contribution is 2.11. The first-order valence-corrected chi connectivity index (χ1v) is 13.8. The Balaban J connectivity index is 1.97. The quantitative estimate of drug-likeness (QED) is 0.102. The van der Waals surface area contributed by atoms with Gasteiger partial charge >= 0.3 is 11.9 Å². The molecule has 34 heavy (non-hydrogen) atoms. The van der Waals surface area contributed by atoms with Crippen LogP contribution in [0.4, 0.5) is 0 Å². The number of allylic oxidation sites excluding steroid dienone is 2. The monoisotopic (exact) mass is 472 g/mol. The Kier molecular flexibility index (Phi) is 18.9. The second-order valence-corrected chi connectivity index (χ2v) is 9.14. The molecular weight excluding hydrogens is 424 g/mol. The summed E-state index contributed by atoms with van der Waals surface area (Å²) < 4.78 is 10.5. The third-order valence-corrected chi connectivity index (χ3v) is 5.98. The number of hydrogen-bond acceptors (Lipinski definition) is 4. The van der Waals surface area contributed by atoms with Crippen LogP contribution in [0, 0.1) is 0 Å². The molecule has 0 unspecified atom stereocenters. The van der Waals surface area contributed by atoms with Crippen molar-refractivity contribution >= 4 is 11.9 Å². The van der Waals surface area contributed by atoms with Crippen LogP contribution in [0.5, 0.6) is 0 Å². The van der Waals surface area contributed by atoms with E-state index >= 15 is 0 Å². The van der Waals surface area contributed by atoms with E-state index in [-0.39, 0.29) is 11.9 Å². The van der Waals surface area contributed by atoms with Gasteiger partial charge in [0.25, 0.3) is 0 Å². The summed E-state index contributed by atoms with van der Waals surface area (Å²) in [5, 5.41) is 0. The molecule has 4 nitrogen and oxygen atoms in total. The molecule has 4 heteroatoms. The molecule has 0 aromatic heterocycles. The molecule has 192 valence electrons. The van der Waals surface area contributed by atoms with Crippen molar-refractivity contribution in [1.29, 1.82) is 0 Å². The molecule has 0 spiro atoms. The van der Waals surface area contributed by atoms with E-state index in [0.29, 0.717) is 24.3 Å². The Bertz CT molecular complexity index is 663. The maximum atomic E-state index is 12.2. The van der Waals surface area contributed by atoms with Crippen molar-refractivity contribution in [3.8, 4) is 0 Å². The van der Waals surface area contributed by atoms with Gasteiger partial charge in [0.2, 0.25) is 0 Å². The molecule has 0 aliphatic carbocycles. The minimum Gasteiger partial charge on any atom is -0.462 e. The van der Waals surface area contributed by atoms with Crippen LogP contribution in [0.15, 0.2) is 36.4 Å². The van der Waals surface area contributed by atoms with Gasteiger partial charge in [0, 0.05) is 0 Å². The van der Waals surface area contributed by atoms with Crippen LogP contribution in [0.25, 0.3) is 0 Å². The molecular formula is C30H48O4. The zero-order valence-corrected chi connectivity index (χ0v) is 21.8. The molecule has 0 atom stereocenters. The highest BCUT2D eigenvalue weighted by molar-refractivity contribution is 5.93. The molecule has 0 bridgehead atoms. The molecule has 0 heterocycles. The Labute approximate surface area is 208 Å². The smallest absolute Gasteiger partial charge is 0.338 e. The van der Waals surface area contributed by atoms with E-state index in [4.69, 9.17) is 9.47 Å². The Morgan fingerprint density at radius 1 is 0.559 bits per heavy atom. The third-order valence-electron chi connectivity index (χ3n) is 5.98. The first-order valence-electron chi connectivity index (χ1n) is 13.8. The number of hydrogen-bond donors (Lipinski definition) is 0. The minimum atomic E-state index is -0.349. The van der Waals surface area contributed by atoms with Gasteiger partial charge in [0.05, 0.1) is 24.3 Å². The summed E-state index contributed by atoms with van der Waals surface area (Å²) in [6.45, 7) is 5.18. The van der Waals surface area contributed by atoms with E-state index < -0.39 is 0 Å². The van der Waals surface area contributed by atoms with Crippen molar-refractivity contribution < 1.29 is 19.1 Å². The lowest BCUT2D eigenvalue weighted by atomic mass is 10.1. The SMILES string of the molecule is CCCCCCCC/C=C\CCCCCCCCOC(=O)c1ccc(C(=O)OCCCC)cc1. The molecule has 1 rings (SSSR count). The van der Waals surface area contributed by atoms with Gasteiger partial charge < -0.3 is 9.47 Å². The highest BCUT2D eigenvalue weighted by atomic mass is 16.5. The number of benzene rings is 1. The zero-order valence-electron chi connectivity index (χ0n) is 21.8. The maximum absolute atomic E-state index is 12.2. The van der Waals surface area contributed by atoms with Gasteiger partial charge in [-0.25, -0.2) is 9.59 Å². The van der Waals surface area contributed by atoms with Gasteiger partial charge in [0.15, 0.2) is 0 Å². The average Bonchev–Trinajstić information content (AvgIpc) is 2.86. The van der Waals surface area contributed by atoms with E-state index in [9.17, 15) is 9.59 Å². The maximum Gasteiger partial charge on any atom is 0.338 e. The van der Waals surface area contributed by atoms with Gasteiger partial charge in [0.1, 0.15) is 0 Å². The van der Waals surface area contributed by atoms with Crippen LogP contribution in [-0.4, -0.2) is 25.2 Å². The van der Waals surface area contributed by atoms with Crippen molar-refractivity contribution in [3.05, 3.63) is 47.5 Å². The topological polar surface area (TPSA) is 52.6 Å². The van der Waals surface area contributed by atoms with E-state index in [1.807, 2.05) is 6.92 Å². The summed E-state index contributed by atoms with van der Waals surface area (Å²) in [5.74, 6) is -0.684. The molecule has 0 fully saturated rings. The molecule has 0 saturated heterocycles. The van der Waals surface area contributed by atoms with Crippen molar-refractivity contribution in [3.63, 3.8) is 0 Å². The summed E-state index contributed by atoms with van der Waals surface area (Å²) in [5.41, 5.74) is 0.926. The van der Waals surface area contributed by atoms with Crippen molar-refractivity contribution in [2.75, 3.05) is 13.2 Å². The van der Waals surface area contributed by atoms with Gasteiger partial charge in [-0.15, -0.1) is 0 Å². The van der Waals surface area contributed by atoms with Crippen molar-refractivity contribution in [2.24, 2.45) is 0 Å². The first-order chi connectivity index (χ1) is 16.7. The first kappa shape index (κ1) is 29.9. The summed E-state index contributed by atoms with van der Waals surface area (Å²) in [4.78, 5) is 24.1. The number of esters is 2. The van der Waals surface area contributed by atoms with Crippen LogP contribution in [0.1, 0.15) is 137 Å². The zero-order chi connectivity index (χ0) is 24.7. The number of unbranched alkanes of at least 4 members (excludes halogenated alkanes) is 13. The Morgan fingerprint density at radius 3 is 1.41 bits per heavy atom. The molecule has 0 aliphatic heterocycles. The molecule has 0 radical (unpaired) electrons. The highest BCUT2D eigenvalue weighted by Gasteiger charge is 2.10. The largest absolute Gasteiger partial charge is 0.462 e. The van der Waals surface area contributed by atoms with Crippen molar-refractivity contribution in [2.45, 2.75) is 117 Å². The molecule has 0 amide bonds. The van der Waals surface area contributed by atoms with Crippen molar-refractivity contribution in [1.82, 2.24) is 0 Å². The van der Waals surface area contributed by atoms with Crippen LogP contribution in [-0.2, 0) is 9.47 Å². The molecule has 0 N–H and O–H groups in total. The van der Waals surface area contributed by atoms with Crippen LogP contribution < -0.4 is 0 Å². The number of ether oxygens (including phenoxy) is 2. The summed E-state index contributed by atoms with van der Waals surface area (Å²) in [6.07, 6.45) is 24.2. The molecule has 1 aromatic rings. The number of carbonyl (C=O) groups is 2. The van der Waals surface area contributed by atoms with E-state index in [2.05, 4.69) is 19.1 Å². The van der Waals surface area contributed by atoms with Crippen LogP contribution in [0.2, 0.25) is 0 Å². The molecule has 1 aromatic carbocycles. The Morgan fingerprint density at radius 2 is 0.941 bits per heavy atom.